The van der Waals surface area contributed by atoms with E-state index in [0.29, 0.717) is 31.1 Å². The third-order valence-corrected chi connectivity index (χ3v) is 7.85. The topological polar surface area (TPSA) is 66.4 Å². The molecule has 1 aromatic heterocycles. The maximum Gasteiger partial charge on any atom is 0.243 e. The van der Waals surface area contributed by atoms with E-state index in [0.717, 1.165) is 35.7 Å². The number of aryl methyl sites for hydroxylation is 3. The second-order valence-corrected chi connectivity index (χ2v) is 10.2. The number of hydrogen-bond acceptors (Lipinski definition) is 5. The monoisotopic (exact) mass is 450 g/mol. The second-order valence-electron chi connectivity index (χ2n) is 8.24. The molecule has 1 aliphatic heterocycles. The van der Waals surface area contributed by atoms with Crippen LogP contribution in [-0.4, -0.2) is 48.9 Å². The summed E-state index contributed by atoms with van der Waals surface area (Å²) in [4.78, 5) is 12.1. The van der Waals surface area contributed by atoms with Crippen molar-refractivity contribution >= 4 is 15.8 Å². The lowest BCUT2D eigenvalue weighted by molar-refractivity contribution is 0.383. The van der Waals surface area contributed by atoms with Crippen LogP contribution in [0, 0.1) is 13.8 Å². The maximum atomic E-state index is 13.0. The highest BCUT2D eigenvalue weighted by atomic mass is 32.2. The van der Waals surface area contributed by atoms with Gasteiger partial charge < -0.3 is 4.90 Å². The minimum Gasteiger partial charge on any atom is -0.354 e. The van der Waals surface area contributed by atoms with Crippen molar-refractivity contribution in [3.05, 3.63) is 82.8 Å². The molecule has 6 nitrogen and oxygen atoms in total. The highest BCUT2D eigenvalue weighted by Crippen LogP contribution is 2.27. The van der Waals surface area contributed by atoms with Gasteiger partial charge in [0.15, 0.2) is 0 Å². The Labute approximate surface area is 191 Å². The molecular formula is C25H30N4O2S. The molecule has 1 saturated heterocycles. The maximum absolute atomic E-state index is 13.0. The van der Waals surface area contributed by atoms with Crippen LogP contribution in [0.4, 0.5) is 5.82 Å². The van der Waals surface area contributed by atoms with E-state index in [2.05, 4.69) is 43.0 Å². The Balaban J connectivity index is 1.59. The van der Waals surface area contributed by atoms with Gasteiger partial charge in [-0.1, -0.05) is 55.0 Å². The molecule has 2 aromatic carbocycles. The first-order chi connectivity index (χ1) is 15.4. The molecular weight excluding hydrogens is 420 g/mol. The fourth-order valence-corrected chi connectivity index (χ4v) is 5.61. The summed E-state index contributed by atoms with van der Waals surface area (Å²) in [5.74, 6) is 1.69. The minimum absolute atomic E-state index is 0.347. The normalized spacial score (nSPS) is 15.2. The van der Waals surface area contributed by atoms with Crippen molar-refractivity contribution in [2.75, 3.05) is 31.1 Å². The number of hydrogen-bond donors (Lipinski definition) is 0. The number of benzene rings is 2. The van der Waals surface area contributed by atoms with Crippen molar-refractivity contribution < 1.29 is 8.42 Å². The average Bonchev–Trinajstić information content (AvgIpc) is 2.82. The smallest absolute Gasteiger partial charge is 0.243 e. The van der Waals surface area contributed by atoms with Crippen LogP contribution >= 0.6 is 0 Å². The Hall–Kier alpha value is -2.77. The molecule has 4 rings (SSSR count). The molecule has 0 amide bonds. The van der Waals surface area contributed by atoms with Crippen molar-refractivity contribution in [1.29, 1.82) is 0 Å². The van der Waals surface area contributed by atoms with Crippen LogP contribution in [0.2, 0.25) is 0 Å². The van der Waals surface area contributed by atoms with Crippen molar-refractivity contribution in [2.45, 2.75) is 38.5 Å². The van der Waals surface area contributed by atoms with Crippen LogP contribution in [0.15, 0.2) is 59.5 Å². The molecule has 1 fully saturated rings. The van der Waals surface area contributed by atoms with Gasteiger partial charge in [0.25, 0.3) is 0 Å². The van der Waals surface area contributed by atoms with Crippen LogP contribution < -0.4 is 4.90 Å². The first-order valence-corrected chi connectivity index (χ1v) is 12.5. The zero-order chi connectivity index (χ0) is 22.7. The predicted molar refractivity (Wildman–Crippen MR) is 128 cm³/mol. The van der Waals surface area contributed by atoms with Gasteiger partial charge in [-0.25, -0.2) is 18.4 Å². The Morgan fingerprint density at radius 1 is 0.875 bits per heavy atom. The van der Waals surface area contributed by atoms with Gasteiger partial charge >= 0.3 is 0 Å². The molecule has 7 heteroatoms. The fourth-order valence-electron chi connectivity index (χ4n) is 4.16. The summed E-state index contributed by atoms with van der Waals surface area (Å²) >= 11 is 0. The third kappa shape index (κ3) is 4.69. The van der Waals surface area contributed by atoms with Gasteiger partial charge in [0.2, 0.25) is 10.0 Å². The number of rotatable bonds is 6. The van der Waals surface area contributed by atoms with Crippen LogP contribution in [0.3, 0.4) is 0 Å². The highest BCUT2D eigenvalue weighted by molar-refractivity contribution is 7.89. The number of anilines is 1. The van der Waals surface area contributed by atoms with Crippen molar-refractivity contribution in [2.24, 2.45) is 0 Å². The molecule has 0 N–H and O–H groups in total. The molecule has 1 aliphatic rings. The number of piperazine rings is 1. The van der Waals surface area contributed by atoms with E-state index >= 15 is 0 Å². The summed E-state index contributed by atoms with van der Waals surface area (Å²) in [5.41, 5.74) is 4.67. The molecule has 0 aliphatic carbocycles. The van der Waals surface area contributed by atoms with E-state index in [4.69, 9.17) is 9.97 Å². The van der Waals surface area contributed by atoms with Crippen molar-refractivity contribution in [3.63, 3.8) is 0 Å². The van der Waals surface area contributed by atoms with E-state index in [9.17, 15) is 8.42 Å². The molecule has 0 atom stereocenters. The van der Waals surface area contributed by atoms with Gasteiger partial charge in [-0.3, -0.25) is 0 Å². The summed E-state index contributed by atoms with van der Waals surface area (Å²) in [7, 11) is -3.48. The number of aromatic nitrogens is 2. The number of nitrogens with zero attached hydrogens (tertiary/aromatic N) is 4. The van der Waals surface area contributed by atoms with E-state index in [-0.39, 0.29) is 0 Å². The van der Waals surface area contributed by atoms with E-state index in [1.165, 1.54) is 11.1 Å². The molecule has 0 bridgehead atoms. The van der Waals surface area contributed by atoms with Crippen LogP contribution in [0.1, 0.15) is 35.1 Å². The van der Waals surface area contributed by atoms with Gasteiger partial charge in [-0.15, -0.1) is 0 Å². The lowest BCUT2D eigenvalue weighted by atomic mass is 10.0. The fraction of sp³-hybridized carbons (Fsp3) is 0.360. The lowest BCUT2D eigenvalue weighted by Gasteiger charge is -2.36. The first-order valence-electron chi connectivity index (χ1n) is 11.1. The third-order valence-electron chi connectivity index (χ3n) is 5.94. The van der Waals surface area contributed by atoms with E-state index in [1.807, 2.05) is 13.0 Å². The van der Waals surface area contributed by atoms with Gasteiger partial charge in [-0.2, -0.15) is 4.31 Å². The van der Waals surface area contributed by atoms with Gasteiger partial charge in [0, 0.05) is 43.9 Å². The van der Waals surface area contributed by atoms with E-state index < -0.39 is 10.0 Å². The van der Waals surface area contributed by atoms with Crippen LogP contribution in [0.25, 0.3) is 0 Å². The zero-order valence-electron chi connectivity index (χ0n) is 19.0. The van der Waals surface area contributed by atoms with E-state index in [1.54, 1.807) is 28.6 Å². The van der Waals surface area contributed by atoms with Crippen LogP contribution in [-0.2, 0) is 22.9 Å². The summed E-state index contributed by atoms with van der Waals surface area (Å²) in [6, 6.07) is 17.2. The van der Waals surface area contributed by atoms with Crippen molar-refractivity contribution in [1.82, 2.24) is 14.3 Å². The summed E-state index contributed by atoms with van der Waals surface area (Å²) in [5, 5.41) is 0. The van der Waals surface area contributed by atoms with Crippen molar-refractivity contribution in [3.8, 4) is 0 Å². The van der Waals surface area contributed by atoms with Gasteiger partial charge in [0.05, 0.1) is 4.90 Å². The summed E-state index contributed by atoms with van der Waals surface area (Å²) in [6.45, 7) is 8.21. The minimum atomic E-state index is -3.48. The quantitative estimate of drug-likeness (QED) is 0.572. The SMILES string of the molecule is CCc1nc(C)nc(N2CCN(S(=O)(=O)c3ccccc3)CC2)c1Cc1ccc(C)cc1. The van der Waals surface area contributed by atoms with Gasteiger partial charge in [-0.05, 0) is 38.0 Å². The van der Waals surface area contributed by atoms with Gasteiger partial charge in [0.1, 0.15) is 11.6 Å². The summed E-state index contributed by atoms with van der Waals surface area (Å²) in [6.07, 6.45) is 1.60. The molecule has 0 spiro atoms. The molecule has 0 unspecified atom stereocenters. The standard InChI is InChI=1S/C25H30N4O2S/c1-4-24-23(18-21-12-10-19(2)11-13-21)25(27-20(3)26-24)28-14-16-29(17-15-28)32(30,31)22-8-6-5-7-9-22/h5-13H,4,14-18H2,1-3H3. The molecule has 0 radical (unpaired) electrons. The second kappa shape index (κ2) is 9.38. The Morgan fingerprint density at radius 2 is 1.53 bits per heavy atom. The molecule has 3 aromatic rings. The first kappa shape index (κ1) is 22.4. The molecule has 2 heterocycles. The highest BCUT2D eigenvalue weighted by Gasteiger charge is 2.30. The Kier molecular flexibility index (Phi) is 6.58. The average molecular weight is 451 g/mol. The largest absolute Gasteiger partial charge is 0.354 e. The molecule has 32 heavy (non-hydrogen) atoms. The van der Waals surface area contributed by atoms with Crippen LogP contribution in [0.5, 0.6) is 0 Å². The molecule has 168 valence electrons. The lowest BCUT2D eigenvalue weighted by Crippen LogP contribution is -2.49. The Bertz CT molecular complexity index is 1170. The predicted octanol–water partition coefficient (Wildman–Crippen LogP) is 3.76. The molecule has 0 saturated carbocycles. The zero-order valence-corrected chi connectivity index (χ0v) is 19.8. The number of sulfonamides is 1. The Morgan fingerprint density at radius 3 is 2.16 bits per heavy atom. The summed E-state index contributed by atoms with van der Waals surface area (Å²) < 4.78 is 27.6.